The molecule has 0 unspecified atom stereocenters. The van der Waals surface area contributed by atoms with E-state index in [9.17, 15) is 0 Å². The summed E-state index contributed by atoms with van der Waals surface area (Å²) in [6.45, 7) is 2.41. The summed E-state index contributed by atoms with van der Waals surface area (Å²) in [5.74, 6) is 0.922. The van der Waals surface area contributed by atoms with Crippen molar-refractivity contribution in [3.05, 3.63) is 18.2 Å². The van der Waals surface area contributed by atoms with Crippen LogP contribution in [0.25, 0.3) is 0 Å². The number of aromatic nitrogens is 2. The molecule has 0 bridgehead atoms. The van der Waals surface area contributed by atoms with Gasteiger partial charge in [0, 0.05) is 18.9 Å². The number of nitrogens with one attached hydrogen (secondary N) is 1. The maximum Gasteiger partial charge on any atom is 0.0945 e. The first-order chi connectivity index (χ1) is 6.86. The van der Waals surface area contributed by atoms with Crippen LogP contribution in [0, 0.1) is 5.92 Å². The molecule has 0 radical (unpaired) electrons. The molecule has 1 aromatic rings. The highest BCUT2D eigenvalue weighted by atomic mass is 15.0. The van der Waals surface area contributed by atoms with Crippen LogP contribution in [0.3, 0.4) is 0 Å². The normalized spacial score (nSPS) is 18.6. The molecule has 2 rings (SSSR count). The Kier molecular flexibility index (Phi) is 3.19. The molecule has 1 saturated heterocycles. The Morgan fingerprint density at radius 3 is 2.93 bits per heavy atom. The summed E-state index contributed by atoms with van der Waals surface area (Å²) < 4.78 is 2.13. The summed E-state index contributed by atoms with van der Waals surface area (Å²) in [7, 11) is 2.07. The van der Waals surface area contributed by atoms with Crippen LogP contribution in [0.1, 0.15) is 25.0 Å². The zero-order valence-corrected chi connectivity index (χ0v) is 8.87. The molecule has 1 aliphatic rings. The Hall–Kier alpha value is -0.830. The molecule has 0 spiro atoms. The number of nitrogens with zero attached hydrogens (tertiary/aromatic N) is 2. The fourth-order valence-electron chi connectivity index (χ4n) is 2.15. The van der Waals surface area contributed by atoms with E-state index in [0.717, 1.165) is 5.92 Å². The van der Waals surface area contributed by atoms with Crippen LogP contribution < -0.4 is 5.32 Å². The van der Waals surface area contributed by atoms with Crippen molar-refractivity contribution < 1.29 is 0 Å². The standard InChI is InChI=1S/C11H19N3/c1-14-9-13-8-11(14)3-2-10-4-6-12-7-5-10/h8-10,12H,2-7H2,1H3. The summed E-state index contributed by atoms with van der Waals surface area (Å²) in [5.41, 5.74) is 1.36. The van der Waals surface area contributed by atoms with Crippen LogP contribution in [-0.2, 0) is 13.5 Å². The van der Waals surface area contributed by atoms with Gasteiger partial charge < -0.3 is 9.88 Å². The Morgan fingerprint density at radius 2 is 2.29 bits per heavy atom. The van der Waals surface area contributed by atoms with Crippen molar-refractivity contribution in [2.75, 3.05) is 13.1 Å². The predicted octanol–water partition coefficient (Wildman–Crippen LogP) is 1.35. The first-order valence-corrected chi connectivity index (χ1v) is 5.52. The summed E-state index contributed by atoms with van der Waals surface area (Å²) in [6.07, 6.45) is 9.07. The van der Waals surface area contributed by atoms with Gasteiger partial charge in [-0.05, 0) is 44.7 Å². The topological polar surface area (TPSA) is 29.9 Å². The van der Waals surface area contributed by atoms with Crippen LogP contribution in [-0.4, -0.2) is 22.6 Å². The maximum atomic E-state index is 4.14. The number of imidazole rings is 1. The third kappa shape index (κ3) is 2.35. The van der Waals surface area contributed by atoms with Crippen LogP contribution in [0.5, 0.6) is 0 Å². The van der Waals surface area contributed by atoms with Gasteiger partial charge in [-0.25, -0.2) is 4.98 Å². The second-order valence-electron chi connectivity index (χ2n) is 4.23. The SMILES string of the molecule is Cn1cncc1CCC1CCNCC1. The molecule has 0 aliphatic carbocycles. The van der Waals surface area contributed by atoms with Crippen molar-refractivity contribution in [2.45, 2.75) is 25.7 Å². The largest absolute Gasteiger partial charge is 0.338 e. The van der Waals surface area contributed by atoms with Gasteiger partial charge in [0.2, 0.25) is 0 Å². The first kappa shape index (κ1) is 9.71. The van der Waals surface area contributed by atoms with Gasteiger partial charge in [-0.1, -0.05) is 0 Å². The number of rotatable bonds is 3. The van der Waals surface area contributed by atoms with Crippen molar-refractivity contribution >= 4 is 0 Å². The third-order valence-electron chi connectivity index (χ3n) is 3.18. The van der Waals surface area contributed by atoms with Gasteiger partial charge in [-0.2, -0.15) is 0 Å². The van der Waals surface area contributed by atoms with E-state index in [4.69, 9.17) is 0 Å². The molecule has 2 heterocycles. The van der Waals surface area contributed by atoms with E-state index in [1.165, 1.54) is 44.5 Å². The predicted molar refractivity (Wildman–Crippen MR) is 57.1 cm³/mol. The Bertz CT molecular complexity index is 274. The minimum atomic E-state index is 0.922. The molecule has 1 fully saturated rings. The second kappa shape index (κ2) is 4.60. The highest BCUT2D eigenvalue weighted by Crippen LogP contribution is 2.18. The summed E-state index contributed by atoms with van der Waals surface area (Å²) in [5, 5.41) is 3.40. The van der Waals surface area contributed by atoms with Gasteiger partial charge in [0.1, 0.15) is 0 Å². The fraction of sp³-hybridized carbons (Fsp3) is 0.727. The maximum absolute atomic E-state index is 4.14. The van der Waals surface area contributed by atoms with Crippen LogP contribution in [0.2, 0.25) is 0 Å². The number of hydrogen-bond donors (Lipinski definition) is 1. The molecule has 0 aromatic carbocycles. The van der Waals surface area contributed by atoms with Gasteiger partial charge in [0.25, 0.3) is 0 Å². The van der Waals surface area contributed by atoms with Gasteiger partial charge in [0.15, 0.2) is 0 Å². The van der Waals surface area contributed by atoms with Crippen molar-refractivity contribution in [2.24, 2.45) is 13.0 Å². The lowest BCUT2D eigenvalue weighted by molar-refractivity contribution is 0.352. The van der Waals surface area contributed by atoms with Crippen LogP contribution >= 0.6 is 0 Å². The van der Waals surface area contributed by atoms with Crippen LogP contribution in [0.15, 0.2) is 12.5 Å². The average Bonchev–Trinajstić information content (AvgIpc) is 2.63. The van der Waals surface area contributed by atoms with E-state index in [-0.39, 0.29) is 0 Å². The van der Waals surface area contributed by atoms with Crippen molar-refractivity contribution in [1.82, 2.24) is 14.9 Å². The average molecular weight is 193 g/mol. The molecule has 1 N–H and O–H groups in total. The summed E-state index contributed by atoms with van der Waals surface area (Å²) >= 11 is 0. The van der Waals surface area contributed by atoms with Gasteiger partial charge in [0.05, 0.1) is 6.33 Å². The summed E-state index contributed by atoms with van der Waals surface area (Å²) in [6, 6.07) is 0. The zero-order chi connectivity index (χ0) is 9.80. The number of piperidine rings is 1. The summed E-state index contributed by atoms with van der Waals surface area (Å²) in [4.78, 5) is 4.14. The van der Waals surface area contributed by atoms with Gasteiger partial charge in [-0.15, -0.1) is 0 Å². The molecule has 78 valence electrons. The van der Waals surface area contributed by atoms with Gasteiger partial charge >= 0.3 is 0 Å². The molecule has 0 amide bonds. The lowest BCUT2D eigenvalue weighted by atomic mass is 9.93. The molecule has 0 atom stereocenters. The Balaban J connectivity index is 1.79. The van der Waals surface area contributed by atoms with E-state index >= 15 is 0 Å². The van der Waals surface area contributed by atoms with Crippen molar-refractivity contribution in [3.63, 3.8) is 0 Å². The van der Waals surface area contributed by atoms with E-state index in [2.05, 4.69) is 21.9 Å². The molecule has 1 aliphatic heterocycles. The van der Waals surface area contributed by atoms with Gasteiger partial charge in [-0.3, -0.25) is 0 Å². The number of aryl methyl sites for hydroxylation is 2. The molecule has 0 saturated carbocycles. The lowest BCUT2D eigenvalue weighted by Gasteiger charge is -2.22. The third-order valence-corrected chi connectivity index (χ3v) is 3.18. The molecule has 3 nitrogen and oxygen atoms in total. The van der Waals surface area contributed by atoms with E-state index in [0.29, 0.717) is 0 Å². The van der Waals surface area contributed by atoms with E-state index in [1.807, 2.05) is 12.5 Å². The minimum absolute atomic E-state index is 0.922. The van der Waals surface area contributed by atoms with E-state index < -0.39 is 0 Å². The Morgan fingerprint density at radius 1 is 1.50 bits per heavy atom. The molecular weight excluding hydrogens is 174 g/mol. The quantitative estimate of drug-likeness (QED) is 0.785. The zero-order valence-electron chi connectivity index (χ0n) is 8.87. The van der Waals surface area contributed by atoms with Crippen molar-refractivity contribution in [1.29, 1.82) is 0 Å². The second-order valence-corrected chi connectivity index (χ2v) is 4.23. The monoisotopic (exact) mass is 193 g/mol. The number of hydrogen-bond acceptors (Lipinski definition) is 2. The highest BCUT2D eigenvalue weighted by Gasteiger charge is 2.13. The van der Waals surface area contributed by atoms with E-state index in [1.54, 1.807) is 0 Å². The smallest absolute Gasteiger partial charge is 0.0945 e. The minimum Gasteiger partial charge on any atom is -0.338 e. The van der Waals surface area contributed by atoms with Crippen molar-refractivity contribution in [3.8, 4) is 0 Å². The molecular formula is C11H19N3. The fourth-order valence-corrected chi connectivity index (χ4v) is 2.15. The molecule has 14 heavy (non-hydrogen) atoms. The highest BCUT2D eigenvalue weighted by molar-refractivity contribution is 4.97. The van der Waals surface area contributed by atoms with Crippen LogP contribution in [0.4, 0.5) is 0 Å². The molecule has 1 aromatic heterocycles. The molecule has 3 heteroatoms. The first-order valence-electron chi connectivity index (χ1n) is 5.52. The lowest BCUT2D eigenvalue weighted by Crippen LogP contribution is -2.28. The Labute approximate surface area is 85.5 Å².